The van der Waals surface area contributed by atoms with Crippen molar-refractivity contribution in [3.05, 3.63) is 0 Å². The van der Waals surface area contributed by atoms with E-state index >= 15 is 0 Å². The molecule has 1 rings (SSSR count). The van der Waals surface area contributed by atoms with E-state index in [0.29, 0.717) is 6.42 Å². The lowest BCUT2D eigenvalue weighted by molar-refractivity contribution is -1.09. The standard InChI is InChI=1S/C13H26NO3/c1-14(17-3)10-6-8-12(11-14)7-4-5-9-13(15)16-2/h12H,4-11H2,1-3H3/q+1. The molecule has 0 radical (unpaired) electrons. The number of carbonyl (C=O) groups is 1. The Hall–Kier alpha value is -0.610. The number of unbranched alkanes of at least 4 members (excludes halogenated alkanes) is 1. The molecule has 0 bridgehead atoms. The summed E-state index contributed by atoms with van der Waals surface area (Å²) in [4.78, 5) is 16.5. The minimum atomic E-state index is -0.0915. The normalized spacial score (nSPS) is 29.0. The number of carbonyl (C=O) groups excluding carboxylic acids is 1. The van der Waals surface area contributed by atoms with E-state index in [4.69, 9.17) is 4.84 Å². The summed E-state index contributed by atoms with van der Waals surface area (Å²) in [5.41, 5.74) is 0. The molecule has 1 aliphatic heterocycles. The van der Waals surface area contributed by atoms with E-state index in [1.165, 1.54) is 26.4 Å². The van der Waals surface area contributed by atoms with Crippen LogP contribution in [-0.2, 0) is 14.4 Å². The van der Waals surface area contributed by atoms with E-state index < -0.39 is 0 Å². The number of esters is 1. The fourth-order valence-electron chi connectivity index (χ4n) is 2.65. The van der Waals surface area contributed by atoms with Gasteiger partial charge in [0.2, 0.25) is 0 Å². The summed E-state index contributed by atoms with van der Waals surface area (Å²) < 4.78 is 5.37. The van der Waals surface area contributed by atoms with E-state index in [1.54, 1.807) is 7.11 Å². The summed E-state index contributed by atoms with van der Waals surface area (Å²) in [6, 6.07) is 0. The van der Waals surface area contributed by atoms with Crippen LogP contribution in [0.3, 0.4) is 0 Å². The van der Waals surface area contributed by atoms with E-state index in [9.17, 15) is 4.79 Å². The van der Waals surface area contributed by atoms with Crippen LogP contribution in [0.1, 0.15) is 38.5 Å². The highest BCUT2D eigenvalue weighted by molar-refractivity contribution is 5.68. The second-order valence-corrected chi connectivity index (χ2v) is 5.22. The van der Waals surface area contributed by atoms with E-state index in [-0.39, 0.29) is 5.97 Å². The quantitative estimate of drug-likeness (QED) is 0.408. The number of ether oxygens (including phenoxy) is 1. The Bertz CT molecular complexity index is 245. The van der Waals surface area contributed by atoms with Crippen molar-refractivity contribution in [2.75, 3.05) is 34.4 Å². The molecule has 1 fully saturated rings. The summed E-state index contributed by atoms with van der Waals surface area (Å²) in [6.07, 6.45) is 6.36. The number of quaternary nitrogens is 1. The largest absolute Gasteiger partial charge is 0.469 e. The molecular formula is C13H26NO3+. The van der Waals surface area contributed by atoms with Crippen molar-refractivity contribution >= 4 is 5.97 Å². The van der Waals surface area contributed by atoms with Gasteiger partial charge < -0.3 is 4.74 Å². The third-order valence-electron chi connectivity index (χ3n) is 3.80. The lowest BCUT2D eigenvalue weighted by Crippen LogP contribution is -2.50. The number of hydrogen-bond acceptors (Lipinski definition) is 3. The number of methoxy groups -OCH3 is 1. The monoisotopic (exact) mass is 244 g/mol. The second kappa shape index (κ2) is 6.97. The van der Waals surface area contributed by atoms with Gasteiger partial charge in [-0.2, -0.15) is 4.65 Å². The van der Waals surface area contributed by atoms with Crippen molar-refractivity contribution in [2.24, 2.45) is 5.92 Å². The zero-order valence-electron chi connectivity index (χ0n) is 11.4. The first-order chi connectivity index (χ1) is 8.09. The van der Waals surface area contributed by atoms with Gasteiger partial charge in [0.05, 0.1) is 21.3 Å². The summed E-state index contributed by atoms with van der Waals surface area (Å²) in [7, 11) is 5.39. The van der Waals surface area contributed by atoms with Crippen LogP contribution in [0.5, 0.6) is 0 Å². The smallest absolute Gasteiger partial charge is 0.305 e. The number of likely N-dealkylation sites (tertiary alicyclic amines) is 1. The molecule has 0 aromatic rings. The predicted octanol–water partition coefficient (Wildman–Crippen LogP) is 2.14. The summed E-state index contributed by atoms with van der Waals surface area (Å²) in [6.45, 7) is 2.23. The van der Waals surface area contributed by atoms with Crippen molar-refractivity contribution in [2.45, 2.75) is 38.5 Å². The van der Waals surface area contributed by atoms with Crippen molar-refractivity contribution in [1.82, 2.24) is 0 Å². The van der Waals surface area contributed by atoms with Crippen LogP contribution in [-0.4, -0.2) is 45.0 Å². The van der Waals surface area contributed by atoms with E-state index in [1.807, 2.05) is 0 Å². The molecule has 4 nitrogen and oxygen atoms in total. The Kier molecular flexibility index (Phi) is 5.92. The van der Waals surface area contributed by atoms with Gasteiger partial charge in [0.15, 0.2) is 0 Å². The third kappa shape index (κ3) is 5.04. The Labute approximate surface area is 104 Å². The maximum atomic E-state index is 11.0. The van der Waals surface area contributed by atoms with Crippen LogP contribution in [0.15, 0.2) is 0 Å². The van der Waals surface area contributed by atoms with E-state index in [0.717, 1.165) is 36.5 Å². The Morgan fingerprint density at radius 3 is 2.76 bits per heavy atom. The van der Waals surface area contributed by atoms with Gasteiger partial charge >= 0.3 is 5.97 Å². The summed E-state index contributed by atoms with van der Waals surface area (Å²) in [5.74, 6) is 0.650. The van der Waals surface area contributed by atoms with Crippen molar-refractivity contribution in [1.29, 1.82) is 0 Å². The fraction of sp³-hybridized carbons (Fsp3) is 0.923. The lowest BCUT2D eigenvalue weighted by atomic mass is 9.92. The van der Waals surface area contributed by atoms with Crippen molar-refractivity contribution < 1.29 is 19.0 Å². The molecule has 1 aliphatic rings. The van der Waals surface area contributed by atoms with Gasteiger partial charge in [-0.3, -0.25) is 4.79 Å². The van der Waals surface area contributed by atoms with E-state index in [2.05, 4.69) is 11.8 Å². The molecule has 0 N–H and O–H groups in total. The van der Waals surface area contributed by atoms with Gasteiger partial charge in [0, 0.05) is 12.3 Å². The minimum Gasteiger partial charge on any atom is -0.469 e. The first kappa shape index (κ1) is 14.5. The molecule has 100 valence electrons. The van der Waals surface area contributed by atoms with Crippen LogP contribution >= 0.6 is 0 Å². The highest BCUT2D eigenvalue weighted by Gasteiger charge is 2.31. The average Bonchev–Trinajstić information content (AvgIpc) is 2.34. The molecule has 0 spiro atoms. The molecule has 0 aliphatic carbocycles. The predicted molar refractivity (Wildman–Crippen MR) is 66.1 cm³/mol. The van der Waals surface area contributed by atoms with Gasteiger partial charge in [0.1, 0.15) is 13.1 Å². The zero-order valence-corrected chi connectivity index (χ0v) is 11.4. The zero-order chi connectivity index (χ0) is 12.7. The van der Waals surface area contributed by atoms with Crippen LogP contribution in [0, 0.1) is 5.92 Å². The molecule has 1 saturated heterocycles. The molecule has 1 heterocycles. The van der Waals surface area contributed by atoms with Crippen LogP contribution in [0.4, 0.5) is 0 Å². The van der Waals surface area contributed by atoms with Crippen LogP contribution < -0.4 is 0 Å². The summed E-state index contributed by atoms with van der Waals surface area (Å²) in [5, 5.41) is 0. The van der Waals surface area contributed by atoms with Gasteiger partial charge in [-0.25, -0.2) is 4.84 Å². The van der Waals surface area contributed by atoms with Gasteiger partial charge in [-0.05, 0) is 25.7 Å². The number of piperidine rings is 1. The molecule has 0 aromatic heterocycles. The lowest BCUT2D eigenvalue weighted by Gasteiger charge is -2.37. The van der Waals surface area contributed by atoms with Gasteiger partial charge in [-0.15, -0.1) is 0 Å². The van der Waals surface area contributed by atoms with Crippen LogP contribution in [0.25, 0.3) is 0 Å². The Morgan fingerprint density at radius 2 is 2.12 bits per heavy atom. The number of hydroxylamine groups is 3. The molecule has 17 heavy (non-hydrogen) atoms. The van der Waals surface area contributed by atoms with Crippen LogP contribution in [0.2, 0.25) is 0 Å². The van der Waals surface area contributed by atoms with Crippen molar-refractivity contribution in [3.8, 4) is 0 Å². The number of hydrogen-bond donors (Lipinski definition) is 0. The fourth-order valence-corrected chi connectivity index (χ4v) is 2.65. The second-order valence-electron chi connectivity index (χ2n) is 5.22. The Morgan fingerprint density at radius 1 is 1.35 bits per heavy atom. The summed E-state index contributed by atoms with van der Waals surface area (Å²) >= 11 is 0. The topological polar surface area (TPSA) is 35.5 Å². The molecule has 2 unspecified atom stereocenters. The number of rotatable bonds is 6. The Balaban J connectivity index is 2.17. The van der Waals surface area contributed by atoms with Gasteiger partial charge in [0.25, 0.3) is 0 Å². The first-order valence-corrected chi connectivity index (χ1v) is 6.57. The highest BCUT2D eigenvalue weighted by Crippen LogP contribution is 2.25. The SMILES string of the molecule is COC(=O)CCCCC1CCC[N+](C)(OC)C1. The van der Waals surface area contributed by atoms with Gasteiger partial charge in [-0.1, -0.05) is 6.42 Å². The minimum absolute atomic E-state index is 0.0915. The first-order valence-electron chi connectivity index (χ1n) is 6.57. The average molecular weight is 244 g/mol. The molecular weight excluding hydrogens is 218 g/mol. The third-order valence-corrected chi connectivity index (χ3v) is 3.80. The number of nitrogens with zero attached hydrogens (tertiary/aromatic N) is 1. The van der Waals surface area contributed by atoms with Crippen molar-refractivity contribution in [3.63, 3.8) is 0 Å². The molecule has 4 heteroatoms. The molecule has 0 saturated carbocycles. The maximum Gasteiger partial charge on any atom is 0.305 e. The molecule has 2 atom stereocenters. The molecule has 0 aromatic carbocycles. The molecule has 0 amide bonds. The maximum absolute atomic E-state index is 11.0. The highest BCUT2D eigenvalue weighted by atomic mass is 16.7.